The Morgan fingerprint density at radius 3 is 2.67 bits per heavy atom. The number of hydrogen-bond acceptors (Lipinski definition) is 6. The Morgan fingerprint density at radius 1 is 1.03 bits per heavy atom. The van der Waals surface area contributed by atoms with Crippen LogP contribution in [0.15, 0.2) is 30.5 Å². The minimum absolute atomic E-state index is 0.304. The lowest BCUT2D eigenvalue weighted by Gasteiger charge is -2.32. The van der Waals surface area contributed by atoms with E-state index in [1.807, 2.05) is 38.2 Å². The summed E-state index contributed by atoms with van der Waals surface area (Å²) in [5, 5.41) is 13.9. The number of likely N-dealkylation sites (tertiary alicyclic amines) is 1. The van der Waals surface area contributed by atoms with Crippen molar-refractivity contribution in [1.29, 1.82) is 0 Å². The fraction of sp³-hybridized carbons (Fsp3) is 0.364. The quantitative estimate of drug-likeness (QED) is 0.513. The first-order chi connectivity index (χ1) is 14.5. The van der Waals surface area contributed by atoms with Crippen molar-refractivity contribution < 1.29 is 4.39 Å². The van der Waals surface area contributed by atoms with Crippen molar-refractivity contribution in [3.05, 3.63) is 47.5 Å². The van der Waals surface area contributed by atoms with Gasteiger partial charge in [-0.3, -0.25) is 4.90 Å². The first kappa shape index (κ1) is 17.7. The number of likely N-dealkylation sites (N-methyl/N-ethyl adjacent to an activating group) is 1. The fourth-order valence-corrected chi connectivity index (χ4v) is 4.91. The molecule has 2 saturated heterocycles. The minimum atomic E-state index is -0.304. The molecule has 4 aromatic rings. The number of benzene rings is 1. The number of fused-ring (bicyclic) bond motifs is 4. The van der Waals surface area contributed by atoms with Gasteiger partial charge in [0.15, 0.2) is 11.5 Å². The van der Waals surface area contributed by atoms with E-state index in [2.05, 4.69) is 37.1 Å². The maximum absolute atomic E-state index is 15.1. The highest BCUT2D eigenvalue weighted by atomic mass is 19.1. The number of halogens is 1. The Balaban J connectivity index is 1.41. The summed E-state index contributed by atoms with van der Waals surface area (Å²) in [7, 11) is 2.16. The van der Waals surface area contributed by atoms with Gasteiger partial charge in [0.25, 0.3) is 0 Å². The standard InChI is InChI=1S/C22H22FN7/c1-12-4-19(27-30-9-13(2)24-22(12)30)14-5-18(23)17-8-21(26-25-20(17)6-14)29-11-15-7-16(29)10-28(15)3/h4-6,8-9,15-16H,7,10-11H2,1-3H3. The predicted molar refractivity (Wildman–Crippen MR) is 113 cm³/mol. The van der Waals surface area contributed by atoms with Crippen molar-refractivity contribution >= 4 is 22.4 Å². The summed E-state index contributed by atoms with van der Waals surface area (Å²) >= 11 is 0. The fourth-order valence-electron chi connectivity index (χ4n) is 4.91. The predicted octanol–water partition coefficient (Wildman–Crippen LogP) is 2.99. The SMILES string of the molecule is Cc1cn2nc(-c3cc(F)c4cc(N5CC6CC5CN6C)nnc4c3)cc(C)c2n1. The summed E-state index contributed by atoms with van der Waals surface area (Å²) in [6.45, 7) is 5.86. The number of aromatic nitrogens is 5. The van der Waals surface area contributed by atoms with Gasteiger partial charge in [0.1, 0.15) is 5.82 Å². The highest BCUT2D eigenvalue weighted by Gasteiger charge is 2.42. The lowest BCUT2D eigenvalue weighted by atomic mass is 10.1. The molecule has 3 aromatic heterocycles. The van der Waals surface area contributed by atoms with E-state index >= 15 is 4.39 Å². The van der Waals surface area contributed by atoms with Crippen molar-refractivity contribution in [2.75, 3.05) is 25.0 Å². The topological polar surface area (TPSA) is 62.5 Å². The molecule has 0 N–H and O–H groups in total. The smallest absolute Gasteiger partial charge is 0.156 e. The van der Waals surface area contributed by atoms with E-state index in [1.54, 1.807) is 4.52 Å². The largest absolute Gasteiger partial charge is 0.349 e. The molecule has 5 heterocycles. The summed E-state index contributed by atoms with van der Waals surface area (Å²) in [6.07, 6.45) is 3.01. The lowest BCUT2D eigenvalue weighted by Crippen LogP contribution is -2.44. The van der Waals surface area contributed by atoms with Gasteiger partial charge in [-0.05, 0) is 57.1 Å². The summed E-state index contributed by atoms with van der Waals surface area (Å²) in [6, 6.07) is 8.15. The van der Waals surface area contributed by atoms with Gasteiger partial charge in [0.05, 0.1) is 23.1 Å². The highest BCUT2D eigenvalue weighted by molar-refractivity contribution is 5.86. The van der Waals surface area contributed by atoms with Gasteiger partial charge in [-0.2, -0.15) is 5.10 Å². The number of anilines is 1. The van der Waals surface area contributed by atoms with E-state index in [-0.39, 0.29) is 5.82 Å². The number of nitrogens with zero attached hydrogens (tertiary/aromatic N) is 7. The van der Waals surface area contributed by atoms with Crippen LogP contribution in [0.5, 0.6) is 0 Å². The van der Waals surface area contributed by atoms with Gasteiger partial charge in [0, 0.05) is 36.1 Å². The molecule has 6 rings (SSSR count). The zero-order valence-corrected chi connectivity index (χ0v) is 17.2. The van der Waals surface area contributed by atoms with Gasteiger partial charge in [-0.15, -0.1) is 10.2 Å². The number of hydrogen-bond donors (Lipinski definition) is 0. The average molecular weight is 403 g/mol. The summed E-state index contributed by atoms with van der Waals surface area (Å²) in [5.74, 6) is 0.459. The Bertz CT molecular complexity index is 1310. The number of imidazole rings is 1. The van der Waals surface area contributed by atoms with E-state index in [0.29, 0.717) is 34.2 Å². The molecule has 8 heteroatoms. The zero-order chi connectivity index (χ0) is 20.6. The summed E-state index contributed by atoms with van der Waals surface area (Å²) in [5.41, 5.74) is 4.60. The molecule has 2 atom stereocenters. The van der Waals surface area contributed by atoms with E-state index in [0.717, 1.165) is 42.2 Å². The average Bonchev–Trinajstić information content (AvgIpc) is 3.40. The van der Waals surface area contributed by atoms with Crippen LogP contribution in [0.25, 0.3) is 27.8 Å². The molecule has 0 radical (unpaired) electrons. The van der Waals surface area contributed by atoms with Gasteiger partial charge < -0.3 is 4.90 Å². The first-order valence-electron chi connectivity index (χ1n) is 10.2. The second-order valence-electron chi connectivity index (χ2n) is 8.59. The van der Waals surface area contributed by atoms with E-state index in [4.69, 9.17) is 0 Å². The maximum Gasteiger partial charge on any atom is 0.156 e. The molecule has 152 valence electrons. The third kappa shape index (κ3) is 2.60. The van der Waals surface area contributed by atoms with Crippen LogP contribution in [-0.2, 0) is 0 Å². The molecule has 2 aliphatic rings. The molecule has 0 saturated carbocycles. The van der Waals surface area contributed by atoms with Crippen LogP contribution in [0.2, 0.25) is 0 Å². The van der Waals surface area contributed by atoms with Gasteiger partial charge in [-0.25, -0.2) is 13.9 Å². The molecule has 7 nitrogen and oxygen atoms in total. The molecular weight excluding hydrogens is 381 g/mol. The second kappa shape index (κ2) is 6.18. The molecule has 1 aromatic carbocycles. The molecule has 2 unspecified atom stereocenters. The Hall–Kier alpha value is -3.13. The molecular formula is C22H22FN7. The number of rotatable bonds is 2. The van der Waals surface area contributed by atoms with Gasteiger partial charge >= 0.3 is 0 Å². The minimum Gasteiger partial charge on any atom is -0.349 e. The third-order valence-electron chi connectivity index (χ3n) is 6.48. The van der Waals surface area contributed by atoms with Crippen molar-refractivity contribution in [3.63, 3.8) is 0 Å². The second-order valence-corrected chi connectivity index (χ2v) is 8.59. The lowest BCUT2D eigenvalue weighted by molar-refractivity contribution is 0.292. The highest BCUT2D eigenvalue weighted by Crippen LogP contribution is 2.34. The van der Waals surface area contributed by atoms with Crippen LogP contribution >= 0.6 is 0 Å². The Kier molecular flexibility index (Phi) is 3.65. The maximum atomic E-state index is 15.1. The number of piperazine rings is 1. The molecule has 30 heavy (non-hydrogen) atoms. The zero-order valence-electron chi connectivity index (χ0n) is 17.2. The third-order valence-corrected chi connectivity index (χ3v) is 6.48. The van der Waals surface area contributed by atoms with Crippen molar-refractivity contribution in [3.8, 4) is 11.3 Å². The summed E-state index contributed by atoms with van der Waals surface area (Å²) < 4.78 is 16.9. The Labute approximate surface area is 173 Å². The van der Waals surface area contributed by atoms with E-state index in [1.165, 1.54) is 6.07 Å². The normalized spacial score (nSPS) is 21.4. The molecule has 0 spiro atoms. The van der Waals surface area contributed by atoms with Crippen molar-refractivity contribution in [2.45, 2.75) is 32.4 Å². The molecule has 2 bridgehead atoms. The van der Waals surface area contributed by atoms with E-state index in [9.17, 15) is 0 Å². The first-order valence-corrected chi connectivity index (χ1v) is 10.2. The number of aryl methyl sites for hydroxylation is 2. The van der Waals surface area contributed by atoms with Crippen LogP contribution in [-0.4, -0.2) is 61.9 Å². The molecule has 2 aliphatic heterocycles. The molecule has 0 amide bonds. The Morgan fingerprint density at radius 2 is 1.90 bits per heavy atom. The molecule has 2 fully saturated rings. The van der Waals surface area contributed by atoms with Crippen molar-refractivity contribution in [1.82, 2.24) is 29.7 Å². The van der Waals surface area contributed by atoms with Crippen LogP contribution < -0.4 is 4.90 Å². The van der Waals surface area contributed by atoms with Crippen LogP contribution in [0.1, 0.15) is 17.7 Å². The van der Waals surface area contributed by atoms with Gasteiger partial charge in [-0.1, -0.05) is 0 Å². The van der Waals surface area contributed by atoms with Crippen LogP contribution in [0, 0.1) is 19.7 Å². The van der Waals surface area contributed by atoms with Crippen LogP contribution in [0.3, 0.4) is 0 Å². The van der Waals surface area contributed by atoms with Crippen molar-refractivity contribution in [2.24, 2.45) is 0 Å². The summed E-state index contributed by atoms with van der Waals surface area (Å²) in [4.78, 5) is 9.13. The van der Waals surface area contributed by atoms with Crippen LogP contribution in [0.4, 0.5) is 10.2 Å². The molecule has 0 aliphatic carbocycles. The van der Waals surface area contributed by atoms with Gasteiger partial charge in [0.2, 0.25) is 0 Å². The monoisotopic (exact) mass is 403 g/mol. The van der Waals surface area contributed by atoms with E-state index < -0.39 is 0 Å².